The van der Waals surface area contributed by atoms with Crippen molar-refractivity contribution < 1.29 is 4.39 Å². The molecular weight excluding hydrogens is 381 g/mol. The molecule has 6 nitrogen and oxygen atoms in total. The smallest absolute Gasteiger partial charge is 0.258 e. The third-order valence-electron chi connectivity index (χ3n) is 5.21. The Bertz CT molecular complexity index is 1240. The van der Waals surface area contributed by atoms with E-state index in [2.05, 4.69) is 46.4 Å². The Morgan fingerprint density at radius 3 is 2.60 bits per heavy atom. The summed E-state index contributed by atoms with van der Waals surface area (Å²) in [5, 5.41) is 8.95. The van der Waals surface area contributed by atoms with Crippen LogP contribution in [-0.2, 0) is 12.8 Å². The normalized spacial score (nSPS) is 11.5. The number of pyridine rings is 1. The minimum absolute atomic E-state index is 0.276. The first-order chi connectivity index (χ1) is 14.4. The first-order valence-electron chi connectivity index (χ1n) is 9.97. The van der Waals surface area contributed by atoms with Crippen LogP contribution in [0.25, 0.3) is 27.8 Å². The maximum atomic E-state index is 14.2. The number of aromatic amines is 1. The van der Waals surface area contributed by atoms with E-state index in [1.54, 1.807) is 23.0 Å². The van der Waals surface area contributed by atoms with Crippen LogP contribution in [0.15, 0.2) is 53.5 Å². The van der Waals surface area contributed by atoms with Crippen LogP contribution in [0.1, 0.15) is 18.1 Å². The van der Waals surface area contributed by atoms with Crippen molar-refractivity contribution in [3.8, 4) is 16.9 Å². The molecular formula is C23H24FN5O. The van der Waals surface area contributed by atoms with Crippen LogP contribution in [0.5, 0.6) is 0 Å². The van der Waals surface area contributed by atoms with E-state index in [9.17, 15) is 9.18 Å². The van der Waals surface area contributed by atoms with E-state index in [4.69, 9.17) is 0 Å². The van der Waals surface area contributed by atoms with Gasteiger partial charge in [0.15, 0.2) is 0 Å². The van der Waals surface area contributed by atoms with E-state index in [0.29, 0.717) is 34.1 Å². The van der Waals surface area contributed by atoms with Crippen molar-refractivity contribution in [1.82, 2.24) is 24.9 Å². The van der Waals surface area contributed by atoms with Crippen molar-refractivity contribution in [1.29, 1.82) is 0 Å². The Kier molecular flexibility index (Phi) is 5.46. The lowest BCUT2D eigenvalue weighted by molar-refractivity contribution is 0.413. The van der Waals surface area contributed by atoms with Crippen LogP contribution in [0.3, 0.4) is 0 Å². The number of likely N-dealkylation sites (N-methyl/N-ethyl adjacent to an activating group) is 1. The molecule has 0 amide bonds. The maximum Gasteiger partial charge on any atom is 0.258 e. The van der Waals surface area contributed by atoms with E-state index in [1.165, 1.54) is 11.6 Å². The molecule has 4 rings (SSSR count). The molecule has 1 N–H and O–H groups in total. The molecule has 0 radical (unpaired) electrons. The summed E-state index contributed by atoms with van der Waals surface area (Å²) in [6.07, 6.45) is 3.24. The lowest BCUT2D eigenvalue weighted by Crippen LogP contribution is -2.15. The Morgan fingerprint density at radius 1 is 1.13 bits per heavy atom. The Hall–Kier alpha value is -3.32. The number of fused-ring (bicyclic) bond motifs is 1. The molecule has 0 unspecified atom stereocenters. The number of hydrogen-bond acceptors (Lipinski definition) is 4. The van der Waals surface area contributed by atoms with Gasteiger partial charge in [-0.05, 0) is 68.4 Å². The zero-order chi connectivity index (χ0) is 21.3. The lowest BCUT2D eigenvalue weighted by atomic mass is 10.1. The first-order valence-corrected chi connectivity index (χ1v) is 9.97. The highest BCUT2D eigenvalue weighted by molar-refractivity contribution is 5.83. The molecule has 4 aromatic rings. The average Bonchev–Trinajstić information content (AvgIpc) is 3.22. The van der Waals surface area contributed by atoms with E-state index >= 15 is 0 Å². The number of nitrogens with one attached hydrogen (secondary N) is 1. The topological polar surface area (TPSA) is 66.8 Å². The number of rotatable bonds is 6. The van der Waals surface area contributed by atoms with Gasteiger partial charge in [-0.15, -0.1) is 5.10 Å². The number of halogens is 1. The summed E-state index contributed by atoms with van der Waals surface area (Å²) < 4.78 is 15.8. The van der Waals surface area contributed by atoms with Gasteiger partial charge in [-0.2, -0.15) is 0 Å². The molecule has 154 valence electrons. The number of nitrogens with zero attached hydrogens (tertiary/aromatic N) is 4. The quantitative estimate of drug-likeness (QED) is 0.532. The number of aryl methyl sites for hydroxylation is 1. The zero-order valence-electron chi connectivity index (χ0n) is 17.3. The van der Waals surface area contributed by atoms with Gasteiger partial charge in [0, 0.05) is 17.4 Å². The number of aromatic nitrogens is 4. The van der Waals surface area contributed by atoms with Crippen molar-refractivity contribution in [2.24, 2.45) is 0 Å². The standard InChI is InChI=1S/C23H24FN5O/c1-4-16-13-21-17(12-20(16)24)11-19(23(30)25-21)22-14-29(27-26-22)18-7-5-15(6-8-18)9-10-28(2)3/h5-8,11-14H,4,9-10H2,1-3H3,(H,25,30). The zero-order valence-corrected chi connectivity index (χ0v) is 17.3. The molecule has 0 atom stereocenters. The number of hydrogen-bond donors (Lipinski definition) is 1. The third kappa shape index (κ3) is 4.02. The monoisotopic (exact) mass is 405 g/mol. The molecule has 0 fully saturated rings. The van der Waals surface area contributed by atoms with Gasteiger partial charge in [0.1, 0.15) is 11.5 Å². The van der Waals surface area contributed by atoms with Crippen LogP contribution >= 0.6 is 0 Å². The highest BCUT2D eigenvalue weighted by atomic mass is 19.1. The van der Waals surface area contributed by atoms with E-state index in [0.717, 1.165) is 18.7 Å². The average molecular weight is 405 g/mol. The van der Waals surface area contributed by atoms with Crippen LogP contribution < -0.4 is 5.56 Å². The Balaban J connectivity index is 1.64. The minimum atomic E-state index is -0.277. The number of H-pyrrole nitrogens is 1. The van der Waals surface area contributed by atoms with Crippen LogP contribution in [-0.4, -0.2) is 45.5 Å². The summed E-state index contributed by atoms with van der Waals surface area (Å²) in [6, 6.07) is 12.9. The van der Waals surface area contributed by atoms with E-state index in [1.807, 2.05) is 19.1 Å². The van der Waals surface area contributed by atoms with Crippen molar-refractivity contribution >= 4 is 10.9 Å². The van der Waals surface area contributed by atoms with Gasteiger partial charge in [-0.1, -0.05) is 24.3 Å². The highest BCUT2D eigenvalue weighted by Crippen LogP contribution is 2.22. The molecule has 2 aromatic heterocycles. The van der Waals surface area contributed by atoms with Crippen molar-refractivity contribution in [3.05, 3.63) is 76.0 Å². The van der Waals surface area contributed by atoms with Crippen LogP contribution in [0, 0.1) is 5.82 Å². The molecule has 0 aliphatic heterocycles. The molecule has 0 saturated heterocycles. The van der Waals surface area contributed by atoms with Gasteiger partial charge >= 0.3 is 0 Å². The molecule has 2 aromatic carbocycles. The minimum Gasteiger partial charge on any atom is -0.321 e. The molecule has 0 spiro atoms. The van der Waals surface area contributed by atoms with Gasteiger partial charge in [-0.3, -0.25) is 4.79 Å². The second kappa shape index (κ2) is 8.20. The predicted octanol–water partition coefficient (Wildman–Crippen LogP) is 3.58. The second-order valence-corrected chi connectivity index (χ2v) is 7.66. The first kappa shape index (κ1) is 20.0. The maximum absolute atomic E-state index is 14.2. The molecule has 7 heteroatoms. The molecule has 0 aliphatic carbocycles. The molecule has 0 bridgehead atoms. The Morgan fingerprint density at radius 2 is 1.90 bits per heavy atom. The Labute approximate surface area is 174 Å². The molecule has 0 aliphatic rings. The highest BCUT2D eigenvalue weighted by Gasteiger charge is 2.12. The predicted molar refractivity (Wildman–Crippen MR) is 117 cm³/mol. The second-order valence-electron chi connectivity index (χ2n) is 7.66. The molecule has 2 heterocycles. The van der Waals surface area contributed by atoms with Gasteiger partial charge in [0.05, 0.1) is 17.4 Å². The third-order valence-corrected chi connectivity index (χ3v) is 5.21. The summed E-state index contributed by atoms with van der Waals surface area (Å²) >= 11 is 0. The number of benzene rings is 2. The summed E-state index contributed by atoms with van der Waals surface area (Å²) in [5.74, 6) is -0.277. The van der Waals surface area contributed by atoms with Gasteiger partial charge < -0.3 is 9.88 Å². The fourth-order valence-electron chi connectivity index (χ4n) is 3.41. The summed E-state index contributed by atoms with van der Waals surface area (Å²) in [6.45, 7) is 2.86. The largest absolute Gasteiger partial charge is 0.321 e. The lowest BCUT2D eigenvalue weighted by Gasteiger charge is -2.09. The SMILES string of the molecule is CCc1cc2[nH]c(=O)c(-c3cn(-c4ccc(CCN(C)C)cc4)nn3)cc2cc1F. The van der Waals surface area contributed by atoms with Crippen LogP contribution in [0.2, 0.25) is 0 Å². The fourth-order valence-corrected chi connectivity index (χ4v) is 3.41. The van der Waals surface area contributed by atoms with Gasteiger partial charge in [-0.25, -0.2) is 9.07 Å². The van der Waals surface area contributed by atoms with E-state index in [-0.39, 0.29) is 11.4 Å². The van der Waals surface area contributed by atoms with Crippen molar-refractivity contribution in [2.75, 3.05) is 20.6 Å². The van der Waals surface area contributed by atoms with Gasteiger partial charge in [0.25, 0.3) is 5.56 Å². The molecule has 30 heavy (non-hydrogen) atoms. The van der Waals surface area contributed by atoms with Crippen molar-refractivity contribution in [2.45, 2.75) is 19.8 Å². The fraction of sp³-hybridized carbons (Fsp3) is 0.261. The molecule has 0 saturated carbocycles. The van der Waals surface area contributed by atoms with Crippen molar-refractivity contribution in [3.63, 3.8) is 0 Å². The summed E-state index contributed by atoms with van der Waals surface area (Å²) in [5.41, 5.74) is 3.82. The van der Waals surface area contributed by atoms with Gasteiger partial charge in [0.2, 0.25) is 0 Å². The van der Waals surface area contributed by atoms with E-state index < -0.39 is 0 Å². The summed E-state index contributed by atoms with van der Waals surface area (Å²) in [7, 11) is 4.10. The summed E-state index contributed by atoms with van der Waals surface area (Å²) in [4.78, 5) is 17.6. The van der Waals surface area contributed by atoms with Crippen LogP contribution in [0.4, 0.5) is 4.39 Å².